The van der Waals surface area contributed by atoms with E-state index >= 15 is 0 Å². The summed E-state index contributed by atoms with van der Waals surface area (Å²) in [6.45, 7) is 4.44. The van der Waals surface area contributed by atoms with Crippen LogP contribution >= 0.6 is 0 Å². The van der Waals surface area contributed by atoms with Crippen LogP contribution < -0.4 is 0 Å². The van der Waals surface area contributed by atoms with Crippen molar-refractivity contribution in [2.45, 2.75) is 32.6 Å². The highest BCUT2D eigenvalue weighted by atomic mass is 16.2. The summed E-state index contributed by atoms with van der Waals surface area (Å²) >= 11 is 0. The molecule has 0 heterocycles. The maximum absolute atomic E-state index is 11.7. The lowest BCUT2D eigenvalue weighted by atomic mass is 10.0. The Labute approximate surface area is 104 Å². The highest BCUT2D eigenvalue weighted by Gasteiger charge is 2.43. The van der Waals surface area contributed by atoms with Gasteiger partial charge in [-0.2, -0.15) is 5.26 Å². The minimum Gasteiger partial charge on any atom is -0.348 e. The van der Waals surface area contributed by atoms with Crippen LogP contribution in [0, 0.1) is 16.7 Å². The summed E-state index contributed by atoms with van der Waals surface area (Å²) in [6, 6.07) is 2.27. The first-order valence-electron chi connectivity index (χ1n) is 6.32. The van der Waals surface area contributed by atoms with Crippen molar-refractivity contribution in [3.8, 4) is 6.07 Å². The maximum Gasteiger partial charge on any atom is 0.236 e. The van der Waals surface area contributed by atoms with Gasteiger partial charge in [0.15, 0.2) is 0 Å². The fourth-order valence-corrected chi connectivity index (χ4v) is 2.07. The van der Waals surface area contributed by atoms with E-state index in [1.165, 1.54) is 0 Å². The van der Waals surface area contributed by atoms with Crippen LogP contribution in [0.4, 0.5) is 0 Å². The van der Waals surface area contributed by atoms with E-state index in [4.69, 9.17) is 5.26 Å². The topological polar surface area (TPSA) is 47.3 Å². The molecule has 1 aliphatic carbocycles. The molecule has 4 nitrogen and oxygen atoms in total. The summed E-state index contributed by atoms with van der Waals surface area (Å²) in [5, 5.41) is 8.81. The molecule has 0 saturated heterocycles. The van der Waals surface area contributed by atoms with Crippen LogP contribution in [0.5, 0.6) is 0 Å². The van der Waals surface area contributed by atoms with E-state index in [-0.39, 0.29) is 11.3 Å². The Morgan fingerprint density at radius 3 is 2.47 bits per heavy atom. The fourth-order valence-electron chi connectivity index (χ4n) is 2.07. The first kappa shape index (κ1) is 14.0. The molecule has 0 aromatic rings. The van der Waals surface area contributed by atoms with E-state index in [1.54, 1.807) is 19.0 Å². The molecule has 0 aromatic carbocycles. The van der Waals surface area contributed by atoms with Crippen molar-refractivity contribution in [3.63, 3.8) is 0 Å². The van der Waals surface area contributed by atoms with Crippen molar-refractivity contribution in [2.75, 3.05) is 33.7 Å². The lowest BCUT2D eigenvalue weighted by Gasteiger charge is -2.26. The lowest BCUT2D eigenvalue weighted by molar-refractivity contribution is -0.130. The molecular weight excluding hydrogens is 214 g/mol. The Kier molecular flexibility index (Phi) is 4.95. The van der Waals surface area contributed by atoms with Crippen LogP contribution in [0.2, 0.25) is 0 Å². The standard InChI is InChI=1S/C13H23N3O/c1-4-9-16(10-12(17)15(2)3)11-13(5-6-13)7-8-14/h4-7,9-11H2,1-3H3. The van der Waals surface area contributed by atoms with Gasteiger partial charge < -0.3 is 4.90 Å². The Morgan fingerprint density at radius 2 is 2.06 bits per heavy atom. The molecule has 0 bridgehead atoms. The first-order valence-corrected chi connectivity index (χ1v) is 6.32. The van der Waals surface area contributed by atoms with Crippen molar-refractivity contribution < 1.29 is 4.79 Å². The average Bonchev–Trinajstić information content (AvgIpc) is 2.98. The smallest absolute Gasteiger partial charge is 0.236 e. The summed E-state index contributed by atoms with van der Waals surface area (Å²) in [7, 11) is 3.57. The zero-order valence-corrected chi connectivity index (χ0v) is 11.2. The molecule has 0 radical (unpaired) electrons. The second kappa shape index (κ2) is 6.02. The highest BCUT2D eigenvalue weighted by Crippen LogP contribution is 2.49. The minimum absolute atomic E-state index is 0.145. The van der Waals surface area contributed by atoms with Crippen molar-refractivity contribution >= 4 is 5.91 Å². The fraction of sp³-hybridized carbons (Fsp3) is 0.846. The largest absolute Gasteiger partial charge is 0.348 e. The van der Waals surface area contributed by atoms with Gasteiger partial charge in [-0.05, 0) is 31.2 Å². The van der Waals surface area contributed by atoms with Crippen molar-refractivity contribution in [1.29, 1.82) is 5.26 Å². The van der Waals surface area contributed by atoms with Crippen LogP contribution in [0.1, 0.15) is 32.6 Å². The molecule has 1 saturated carbocycles. The van der Waals surface area contributed by atoms with E-state index < -0.39 is 0 Å². The van der Waals surface area contributed by atoms with E-state index in [9.17, 15) is 4.79 Å². The zero-order chi connectivity index (χ0) is 12.9. The Balaban J connectivity index is 2.49. The molecule has 1 aliphatic rings. The number of amides is 1. The maximum atomic E-state index is 11.7. The van der Waals surface area contributed by atoms with Gasteiger partial charge >= 0.3 is 0 Å². The predicted octanol–water partition coefficient (Wildman–Crippen LogP) is 1.48. The van der Waals surface area contributed by atoms with Gasteiger partial charge in [0.1, 0.15) is 0 Å². The number of hydrogen-bond donors (Lipinski definition) is 0. The van der Waals surface area contributed by atoms with Crippen molar-refractivity contribution in [3.05, 3.63) is 0 Å². The molecular formula is C13H23N3O. The summed E-state index contributed by atoms with van der Waals surface area (Å²) < 4.78 is 0. The normalized spacial score (nSPS) is 16.6. The van der Waals surface area contributed by atoms with Gasteiger partial charge in [-0.3, -0.25) is 9.69 Å². The van der Waals surface area contributed by atoms with E-state index in [1.807, 2.05) is 0 Å². The van der Waals surface area contributed by atoms with Crippen LogP contribution in [-0.2, 0) is 4.79 Å². The third-order valence-electron chi connectivity index (χ3n) is 3.37. The minimum atomic E-state index is 0.145. The Bertz CT molecular complexity index is 302. The van der Waals surface area contributed by atoms with Gasteiger partial charge in [0.2, 0.25) is 5.91 Å². The number of likely N-dealkylation sites (N-methyl/N-ethyl adjacent to an activating group) is 1. The molecule has 4 heteroatoms. The highest BCUT2D eigenvalue weighted by molar-refractivity contribution is 5.77. The Morgan fingerprint density at radius 1 is 1.41 bits per heavy atom. The number of rotatable bonds is 7. The second-order valence-electron chi connectivity index (χ2n) is 5.33. The van der Waals surface area contributed by atoms with Gasteiger partial charge in [0, 0.05) is 27.1 Å². The average molecular weight is 237 g/mol. The van der Waals surface area contributed by atoms with Gasteiger partial charge in [0.25, 0.3) is 0 Å². The summed E-state index contributed by atoms with van der Waals surface area (Å²) in [5.41, 5.74) is 0.191. The van der Waals surface area contributed by atoms with Crippen molar-refractivity contribution in [1.82, 2.24) is 9.80 Å². The molecule has 0 aromatic heterocycles. The number of carbonyl (C=O) groups excluding carboxylic acids is 1. The number of nitriles is 1. The molecule has 0 aliphatic heterocycles. The molecule has 1 rings (SSSR count). The molecule has 0 spiro atoms. The van der Waals surface area contributed by atoms with Gasteiger partial charge in [-0.1, -0.05) is 6.92 Å². The third kappa shape index (κ3) is 4.35. The quantitative estimate of drug-likeness (QED) is 0.674. The van der Waals surface area contributed by atoms with Gasteiger partial charge in [0.05, 0.1) is 12.6 Å². The molecule has 17 heavy (non-hydrogen) atoms. The lowest BCUT2D eigenvalue weighted by Crippen LogP contribution is -2.40. The van der Waals surface area contributed by atoms with Gasteiger partial charge in [-0.25, -0.2) is 0 Å². The number of carbonyl (C=O) groups is 1. The summed E-state index contributed by atoms with van der Waals surface area (Å²) in [6.07, 6.45) is 3.95. The van der Waals surface area contributed by atoms with Crippen LogP contribution in [0.25, 0.3) is 0 Å². The van der Waals surface area contributed by atoms with E-state index in [0.717, 1.165) is 32.4 Å². The van der Waals surface area contributed by atoms with Gasteiger partial charge in [-0.15, -0.1) is 0 Å². The van der Waals surface area contributed by atoms with Crippen LogP contribution in [0.3, 0.4) is 0 Å². The molecule has 0 N–H and O–H groups in total. The zero-order valence-electron chi connectivity index (χ0n) is 11.2. The number of hydrogen-bond acceptors (Lipinski definition) is 3. The van der Waals surface area contributed by atoms with Crippen LogP contribution in [0.15, 0.2) is 0 Å². The molecule has 1 amide bonds. The molecule has 0 atom stereocenters. The Hall–Kier alpha value is -1.08. The summed E-state index contributed by atoms with van der Waals surface area (Å²) in [4.78, 5) is 15.5. The monoisotopic (exact) mass is 237 g/mol. The number of nitrogens with zero attached hydrogens (tertiary/aromatic N) is 3. The molecule has 0 unspecified atom stereocenters. The van der Waals surface area contributed by atoms with E-state index in [0.29, 0.717) is 13.0 Å². The van der Waals surface area contributed by atoms with E-state index in [2.05, 4.69) is 17.9 Å². The predicted molar refractivity (Wildman–Crippen MR) is 67.3 cm³/mol. The SMILES string of the molecule is CCCN(CC(=O)N(C)C)CC1(CC#N)CC1. The first-order chi connectivity index (χ1) is 8.03. The second-order valence-corrected chi connectivity index (χ2v) is 5.33. The molecule has 96 valence electrons. The third-order valence-corrected chi connectivity index (χ3v) is 3.37. The molecule has 1 fully saturated rings. The van der Waals surface area contributed by atoms with Crippen LogP contribution in [-0.4, -0.2) is 49.4 Å². The van der Waals surface area contributed by atoms with Crippen molar-refractivity contribution in [2.24, 2.45) is 5.41 Å². The summed E-state index contributed by atoms with van der Waals surface area (Å²) in [5.74, 6) is 0.145.